The lowest BCUT2D eigenvalue weighted by Crippen LogP contribution is -2.49. The number of carbonyl (C=O) groups is 2. The highest BCUT2D eigenvalue weighted by atomic mass is 19.1. The average molecular weight is 317 g/mol. The van der Waals surface area contributed by atoms with E-state index < -0.39 is 40.2 Å². The Morgan fingerprint density at radius 1 is 1.14 bits per heavy atom. The van der Waals surface area contributed by atoms with E-state index in [1.807, 2.05) is 0 Å². The number of hydrogen-bond donors (Lipinski definition) is 0. The highest BCUT2D eigenvalue weighted by Crippen LogP contribution is 2.31. The number of hydrogen-bond acceptors (Lipinski definition) is 3. The summed E-state index contributed by atoms with van der Waals surface area (Å²) in [5.74, 6) is -3.64. The Hall–Kier alpha value is -2.05. The summed E-state index contributed by atoms with van der Waals surface area (Å²) < 4.78 is 46.0. The summed E-state index contributed by atoms with van der Waals surface area (Å²) >= 11 is 0. The summed E-state index contributed by atoms with van der Waals surface area (Å²) in [6.45, 7) is 5.96. The molecule has 0 fully saturated rings. The highest BCUT2D eigenvalue weighted by molar-refractivity contribution is 5.78. The van der Waals surface area contributed by atoms with Gasteiger partial charge in [-0.25, -0.2) is 18.0 Å². The number of ether oxygens (including phenoxy) is 1. The molecule has 0 saturated heterocycles. The third-order valence-electron chi connectivity index (χ3n) is 3.11. The maximum Gasteiger partial charge on any atom is 0.411 e. The first-order chi connectivity index (χ1) is 9.92. The molecule has 0 aliphatic carbocycles. The van der Waals surface area contributed by atoms with Crippen molar-refractivity contribution in [3.63, 3.8) is 0 Å². The van der Waals surface area contributed by atoms with Gasteiger partial charge in [-0.2, -0.15) is 0 Å². The molecule has 1 aromatic carbocycles. The van der Waals surface area contributed by atoms with Crippen LogP contribution in [-0.4, -0.2) is 29.9 Å². The SMILES string of the molecule is CN(C(=O)OC(C)(C)C)C(C)(C=O)c1c(F)cc(F)cc1F. The predicted molar refractivity (Wildman–Crippen MR) is 73.7 cm³/mol. The summed E-state index contributed by atoms with van der Waals surface area (Å²) in [4.78, 5) is 24.3. The fraction of sp³-hybridized carbons (Fsp3) is 0.467. The van der Waals surface area contributed by atoms with Crippen LogP contribution in [0.3, 0.4) is 0 Å². The van der Waals surface area contributed by atoms with Crippen LogP contribution in [0.4, 0.5) is 18.0 Å². The number of nitrogens with zero attached hydrogens (tertiary/aromatic N) is 1. The molecule has 22 heavy (non-hydrogen) atoms. The van der Waals surface area contributed by atoms with Gasteiger partial charge in [-0.05, 0) is 27.7 Å². The zero-order valence-corrected chi connectivity index (χ0v) is 13.0. The van der Waals surface area contributed by atoms with Gasteiger partial charge in [0.15, 0.2) is 0 Å². The van der Waals surface area contributed by atoms with Crippen molar-refractivity contribution >= 4 is 12.4 Å². The second-order valence-corrected chi connectivity index (χ2v) is 6.05. The van der Waals surface area contributed by atoms with Crippen molar-refractivity contribution in [3.8, 4) is 0 Å². The van der Waals surface area contributed by atoms with Gasteiger partial charge in [0, 0.05) is 19.2 Å². The van der Waals surface area contributed by atoms with Crippen molar-refractivity contribution < 1.29 is 27.5 Å². The number of amides is 1. The number of likely N-dealkylation sites (N-methyl/N-ethyl adjacent to an activating group) is 1. The molecule has 0 spiro atoms. The third-order valence-corrected chi connectivity index (χ3v) is 3.11. The molecule has 0 aromatic heterocycles. The van der Waals surface area contributed by atoms with Gasteiger partial charge >= 0.3 is 6.09 Å². The van der Waals surface area contributed by atoms with E-state index in [0.717, 1.165) is 11.8 Å². The van der Waals surface area contributed by atoms with Gasteiger partial charge in [-0.15, -0.1) is 0 Å². The Kier molecular flexibility index (Phi) is 4.89. The summed E-state index contributed by atoms with van der Waals surface area (Å²) in [5.41, 5.74) is -3.56. The monoisotopic (exact) mass is 317 g/mol. The first-order valence-electron chi connectivity index (χ1n) is 6.50. The molecule has 1 aromatic rings. The largest absolute Gasteiger partial charge is 0.444 e. The van der Waals surface area contributed by atoms with E-state index in [1.54, 1.807) is 20.8 Å². The highest BCUT2D eigenvalue weighted by Gasteiger charge is 2.41. The van der Waals surface area contributed by atoms with Crippen molar-refractivity contribution in [1.29, 1.82) is 0 Å². The Labute approximate surface area is 126 Å². The number of aldehydes is 1. The molecule has 1 rings (SSSR count). The molecule has 1 amide bonds. The van der Waals surface area contributed by atoms with Crippen LogP contribution >= 0.6 is 0 Å². The van der Waals surface area contributed by atoms with Crippen molar-refractivity contribution in [1.82, 2.24) is 4.90 Å². The van der Waals surface area contributed by atoms with E-state index in [-0.39, 0.29) is 6.29 Å². The van der Waals surface area contributed by atoms with Gasteiger partial charge in [-0.1, -0.05) is 0 Å². The molecule has 0 bridgehead atoms. The number of rotatable bonds is 3. The fourth-order valence-corrected chi connectivity index (χ4v) is 1.85. The second kappa shape index (κ2) is 5.98. The molecule has 7 heteroatoms. The lowest BCUT2D eigenvalue weighted by Gasteiger charge is -2.35. The van der Waals surface area contributed by atoms with E-state index in [4.69, 9.17) is 4.74 Å². The van der Waals surface area contributed by atoms with Crippen LogP contribution in [0, 0.1) is 17.5 Å². The van der Waals surface area contributed by atoms with Crippen LogP contribution in [0.5, 0.6) is 0 Å². The van der Waals surface area contributed by atoms with E-state index >= 15 is 0 Å². The molecule has 1 unspecified atom stereocenters. The normalized spacial score (nSPS) is 14.2. The summed E-state index contributed by atoms with van der Waals surface area (Å²) in [6.07, 6.45) is -0.735. The Balaban J connectivity index is 3.33. The lowest BCUT2D eigenvalue weighted by molar-refractivity contribution is -0.117. The smallest absolute Gasteiger partial charge is 0.411 e. The molecule has 0 saturated carbocycles. The fourth-order valence-electron chi connectivity index (χ4n) is 1.85. The molecule has 0 aliphatic rings. The minimum absolute atomic E-state index is 0.205. The standard InChI is InChI=1S/C15H18F3NO3/c1-14(2,3)22-13(21)19(5)15(4,8-20)12-10(17)6-9(16)7-11(12)18/h6-8H,1-5H3. The van der Waals surface area contributed by atoms with E-state index in [1.165, 1.54) is 7.05 Å². The van der Waals surface area contributed by atoms with Crippen LogP contribution in [0.1, 0.15) is 33.3 Å². The Morgan fingerprint density at radius 3 is 1.95 bits per heavy atom. The maximum atomic E-state index is 13.9. The minimum atomic E-state index is -1.98. The Morgan fingerprint density at radius 2 is 1.59 bits per heavy atom. The maximum absolute atomic E-state index is 13.9. The van der Waals surface area contributed by atoms with E-state index in [9.17, 15) is 22.8 Å². The second-order valence-electron chi connectivity index (χ2n) is 6.05. The average Bonchev–Trinajstić information content (AvgIpc) is 2.34. The third kappa shape index (κ3) is 3.58. The first kappa shape index (κ1) is 18.0. The van der Waals surface area contributed by atoms with Gasteiger partial charge in [0.2, 0.25) is 0 Å². The zero-order valence-electron chi connectivity index (χ0n) is 13.0. The van der Waals surface area contributed by atoms with Gasteiger partial charge in [0.25, 0.3) is 0 Å². The molecule has 0 aliphatic heterocycles. The zero-order chi connectivity index (χ0) is 17.3. The van der Waals surface area contributed by atoms with Gasteiger partial charge in [-0.3, -0.25) is 4.90 Å². The van der Waals surface area contributed by atoms with Crippen LogP contribution in [0.15, 0.2) is 12.1 Å². The van der Waals surface area contributed by atoms with Crippen LogP contribution in [0.25, 0.3) is 0 Å². The number of carbonyl (C=O) groups excluding carboxylic acids is 2. The van der Waals surface area contributed by atoms with Crippen molar-refractivity contribution in [3.05, 3.63) is 35.1 Å². The van der Waals surface area contributed by atoms with Crippen LogP contribution < -0.4 is 0 Å². The molecule has 0 N–H and O–H groups in total. The minimum Gasteiger partial charge on any atom is -0.444 e. The van der Waals surface area contributed by atoms with Crippen molar-refractivity contribution in [2.45, 2.75) is 38.8 Å². The quantitative estimate of drug-likeness (QED) is 0.803. The number of benzene rings is 1. The number of halogens is 3. The lowest BCUT2D eigenvalue weighted by atomic mass is 9.91. The first-order valence-corrected chi connectivity index (χ1v) is 6.50. The van der Waals surface area contributed by atoms with E-state index in [2.05, 4.69) is 0 Å². The van der Waals surface area contributed by atoms with Gasteiger partial charge in [0.05, 0.1) is 5.56 Å². The summed E-state index contributed by atoms with van der Waals surface area (Å²) in [7, 11) is 1.17. The molecule has 1 atom stereocenters. The van der Waals surface area contributed by atoms with Crippen molar-refractivity contribution in [2.75, 3.05) is 7.05 Å². The molecular formula is C15H18F3NO3. The van der Waals surface area contributed by atoms with Crippen LogP contribution in [0.2, 0.25) is 0 Å². The van der Waals surface area contributed by atoms with Crippen molar-refractivity contribution in [2.24, 2.45) is 0 Å². The topological polar surface area (TPSA) is 46.6 Å². The summed E-state index contributed by atoms with van der Waals surface area (Å²) in [6, 6.07) is 0.895. The van der Waals surface area contributed by atoms with Gasteiger partial charge in [0.1, 0.15) is 34.9 Å². The predicted octanol–water partition coefficient (Wildman–Crippen LogP) is 3.38. The molecule has 4 nitrogen and oxygen atoms in total. The molecule has 122 valence electrons. The van der Waals surface area contributed by atoms with Gasteiger partial charge < -0.3 is 9.53 Å². The van der Waals surface area contributed by atoms with Crippen LogP contribution in [-0.2, 0) is 15.1 Å². The molecular weight excluding hydrogens is 299 g/mol. The molecule has 0 heterocycles. The van der Waals surface area contributed by atoms with E-state index in [0.29, 0.717) is 12.1 Å². The summed E-state index contributed by atoms with van der Waals surface area (Å²) in [5, 5.41) is 0. The molecule has 0 radical (unpaired) electrons. The Bertz CT molecular complexity index is 575.